The summed E-state index contributed by atoms with van der Waals surface area (Å²) in [5.74, 6) is 1.02. The highest BCUT2D eigenvalue weighted by molar-refractivity contribution is 5.65. The second-order valence-electron chi connectivity index (χ2n) is 8.45. The van der Waals surface area contributed by atoms with Crippen molar-refractivity contribution < 1.29 is 22.6 Å². The molecule has 1 N–H and O–H groups in total. The summed E-state index contributed by atoms with van der Waals surface area (Å²) >= 11 is 0. The van der Waals surface area contributed by atoms with Crippen molar-refractivity contribution in [3.8, 4) is 17.0 Å². The van der Waals surface area contributed by atoms with E-state index in [2.05, 4.69) is 34.0 Å². The Balaban J connectivity index is 1.46. The maximum absolute atomic E-state index is 12.6. The normalized spacial score (nSPS) is 19.4. The quantitative estimate of drug-likeness (QED) is 0.503. The molecule has 0 spiro atoms. The van der Waals surface area contributed by atoms with E-state index in [4.69, 9.17) is 4.74 Å². The summed E-state index contributed by atoms with van der Waals surface area (Å²) < 4.78 is 49.2. The van der Waals surface area contributed by atoms with Gasteiger partial charge in [0.2, 0.25) is 0 Å². The SMILES string of the molecule is CC(C)OCC1CCC(Nc2ccc3ncc(-c4cccc(OC(F)(F)F)c4)n3n2)CC1. The van der Waals surface area contributed by atoms with E-state index in [9.17, 15) is 13.2 Å². The van der Waals surface area contributed by atoms with Crippen LogP contribution < -0.4 is 10.1 Å². The molecule has 1 aliphatic carbocycles. The monoisotopic (exact) mass is 448 g/mol. The van der Waals surface area contributed by atoms with Crippen LogP contribution in [0.25, 0.3) is 16.9 Å². The zero-order chi connectivity index (χ0) is 22.7. The number of aromatic nitrogens is 3. The van der Waals surface area contributed by atoms with Crippen LogP contribution in [0.4, 0.5) is 19.0 Å². The number of imidazole rings is 1. The molecule has 2 aromatic heterocycles. The molecule has 1 aromatic carbocycles. The maximum Gasteiger partial charge on any atom is 0.573 e. The Kier molecular flexibility index (Phi) is 6.55. The molecule has 6 nitrogen and oxygen atoms in total. The van der Waals surface area contributed by atoms with Crippen molar-refractivity contribution >= 4 is 11.5 Å². The van der Waals surface area contributed by atoms with E-state index in [1.165, 1.54) is 18.2 Å². The van der Waals surface area contributed by atoms with Gasteiger partial charge in [0, 0.05) is 18.2 Å². The minimum atomic E-state index is -4.74. The third-order valence-corrected chi connectivity index (χ3v) is 5.59. The van der Waals surface area contributed by atoms with Gasteiger partial charge in [-0.2, -0.15) is 0 Å². The molecule has 1 aliphatic rings. The molecule has 4 rings (SSSR count). The molecule has 0 radical (unpaired) electrons. The molecule has 0 unspecified atom stereocenters. The van der Waals surface area contributed by atoms with E-state index in [0.29, 0.717) is 34.7 Å². The van der Waals surface area contributed by atoms with E-state index >= 15 is 0 Å². The number of hydrogen-bond acceptors (Lipinski definition) is 5. The zero-order valence-electron chi connectivity index (χ0n) is 18.1. The molecule has 1 saturated carbocycles. The summed E-state index contributed by atoms with van der Waals surface area (Å²) in [4.78, 5) is 4.33. The van der Waals surface area contributed by atoms with Gasteiger partial charge in [0.15, 0.2) is 5.65 Å². The Morgan fingerprint density at radius 2 is 1.91 bits per heavy atom. The summed E-state index contributed by atoms with van der Waals surface area (Å²) in [5.41, 5.74) is 1.74. The number of alkyl halides is 3. The van der Waals surface area contributed by atoms with Crippen LogP contribution in [0.3, 0.4) is 0 Å². The molecule has 0 amide bonds. The number of rotatable bonds is 7. The van der Waals surface area contributed by atoms with Gasteiger partial charge < -0.3 is 14.8 Å². The first-order valence-corrected chi connectivity index (χ1v) is 10.9. The highest BCUT2D eigenvalue weighted by atomic mass is 19.4. The average Bonchev–Trinajstić information content (AvgIpc) is 3.15. The largest absolute Gasteiger partial charge is 0.573 e. The first kappa shape index (κ1) is 22.4. The van der Waals surface area contributed by atoms with Gasteiger partial charge >= 0.3 is 6.36 Å². The van der Waals surface area contributed by atoms with Crippen molar-refractivity contribution in [1.82, 2.24) is 14.6 Å². The number of fused-ring (bicyclic) bond motifs is 1. The van der Waals surface area contributed by atoms with E-state index in [0.717, 1.165) is 32.3 Å². The lowest BCUT2D eigenvalue weighted by molar-refractivity contribution is -0.274. The lowest BCUT2D eigenvalue weighted by Crippen LogP contribution is -2.28. The van der Waals surface area contributed by atoms with Crippen LogP contribution in [-0.2, 0) is 4.74 Å². The fraction of sp³-hybridized carbons (Fsp3) is 0.478. The Labute approximate surface area is 184 Å². The van der Waals surface area contributed by atoms with Crippen LogP contribution in [0.5, 0.6) is 5.75 Å². The molecule has 3 aromatic rings. The van der Waals surface area contributed by atoms with Crippen molar-refractivity contribution in [2.45, 2.75) is 58.0 Å². The Morgan fingerprint density at radius 3 is 2.62 bits per heavy atom. The number of halogens is 3. The minimum absolute atomic E-state index is 0.256. The topological polar surface area (TPSA) is 60.7 Å². The van der Waals surface area contributed by atoms with Gasteiger partial charge in [-0.15, -0.1) is 18.3 Å². The summed E-state index contributed by atoms with van der Waals surface area (Å²) in [7, 11) is 0. The van der Waals surface area contributed by atoms with Crippen LogP contribution in [-0.4, -0.2) is 39.7 Å². The van der Waals surface area contributed by atoms with Crippen LogP contribution in [0, 0.1) is 5.92 Å². The predicted octanol–water partition coefficient (Wildman–Crippen LogP) is 5.69. The average molecular weight is 448 g/mol. The number of anilines is 1. The molecular weight excluding hydrogens is 421 g/mol. The number of nitrogens with one attached hydrogen (secondary N) is 1. The van der Waals surface area contributed by atoms with Gasteiger partial charge in [-0.25, -0.2) is 9.50 Å². The molecule has 0 saturated heterocycles. The van der Waals surface area contributed by atoms with Crippen molar-refractivity contribution in [3.63, 3.8) is 0 Å². The van der Waals surface area contributed by atoms with Crippen molar-refractivity contribution in [1.29, 1.82) is 0 Å². The van der Waals surface area contributed by atoms with Crippen LogP contribution in [0.1, 0.15) is 39.5 Å². The lowest BCUT2D eigenvalue weighted by Gasteiger charge is -2.29. The van der Waals surface area contributed by atoms with E-state index in [1.807, 2.05) is 12.1 Å². The van der Waals surface area contributed by atoms with Gasteiger partial charge in [0.1, 0.15) is 11.6 Å². The van der Waals surface area contributed by atoms with Gasteiger partial charge in [-0.1, -0.05) is 12.1 Å². The van der Waals surface area contributed by atoms with Gasteiger partial charge in [0.25, 0.3) is 0 Å². The van der Waals surface area contributed by atoms with Crippen LogP contribution in [0.2, 0.25) is 0 Å². The molecule has 172 valence electrons. The third kappa shape index (κ3) is 5.70. The second-order valence-corrected chi connectivity index (χ2v) is 8.45. The van der Waals surface area contributed by atoms with E-state index < -0.39 is 6.36 Å². The second kappa shape index (κ2) is 9.36. The number of nitrogens with zero attached hydrogens (tertiary/aromatic N) is 3. The van der Waals surface area contributed by atoms with Gasteiger partial charge in [0.05, 0.1) is 18.0 Å². The lowest BCUT2D eigenvalue weighted by atomic mass is 9.86. The van der Waals surface area contributed by atoms with Crippen molar-refractivity contribution in [2.75, 3.05) is 11.9 Å². The van der Waals surface area contributed by atoms with Gasteiger partial charge in [-0.3, -0.25) is 0 Å². The summed E-state index contributed by atoms with van der Waals surface area (Å²) in [5, 5.41) is 8.14. The summed E-state index contributed by atoms with van der Waals surface area (Å²) in [6.07, 6.45) is 1.40. The standard InChI is InChI=1S/C23H27F3N4O2/c1-15(2)31-14-16-6-8-18(9-7-16)28-21-10-11-22-27-13-20(30(22)29-21)17-4-3-5-19(12-17)32-23(24,25)26/h3-5,10-13,15-16,18H,6-9,14H2,1-2H3,(H,28,29). The smallest absolute Gasteiger partial charge is 0.406 e. The molecule has 9 heteroatoms. The first-order chi connectivity index (χ1) is 15.3. The Hall–Kier alpha value is -2.81. The van der Waals surface area contributed by atoms with E-state index in [-0.39, 0.29) is 11.9 Å². The van der Waals surface area contributed by atoms with Crippen LogP contribution >= 0.6 is 0 Å². The highest BCUT2D eigenvalue weighted by Crippen LogP contribution is 2.29. The van der Waals surface area contributed by atoms with Gasteiger partial charge in [-0.05, 0) is 69.7 Å². The Bertz CT molecular complexity index is 1040. The highest BCUT2D eigenvalue weighted by Gasteiger charge is 2.31. The molecule has 2 heterocycles. The van der Waals surface area contributed by atoms with Crippen LogP contribution in [0.15, 0.2) is 42.6 Å². The molecular formula is C23H27F3N4O2. The molecule has 32 heavy (non-hydrogen) atoms. The minimum Gasteiger partial charge on any atom is -0.406 e. The summed E-state index contributed by atoms with van der Waals surface area (Å²) in [6.45, 7) is 4.92. The first-order valence-electron chi connectivity index (χ1n) is 10.9. The molecule has 0 aliphatic heterocycles. The van der Waals surface area contributed by atoms with Crippen molar-refractivity contribution in [3.05, 3.63) is 42.6 Å². The number of benzene rings is 1. The molecule has 0 atom stereocenters. The molecule has 1 fully saturated rings. The third-order valence-electron chi connectivity index (χ3n) is 5.59. The Morgan fingerprint density at radius 1 is 1.12 bits per heavy atom. The number of hydrogen-bond donors (Lipinski definition) is 1. The summed E-state index contributed by atoms with van der Waals surface area (Å²) in [6, 6.07) is 9.86. The fourth-order valence-electron chi connectivity index (χ4n) is 4.01. The molecule has 0 bridgehead atoms. The maximum atomic E-state index is 12.6. The van der Waals surface area contributed by atoms with Crippen molar-refractivity contribution in [2.24, 2.45) is 5.92 Å². The van der Waals surface area contributed by atoms with E-state index in [1.54, 1.807) is 16.8 Å². The number of ether oxygens (including phenoxy) is 2. The predicted molar refractivity (Wildman–Crippen MR) is 116 cm³/mol. The fourth-order valence-corrected chi connectivity index (χ4v) is 4.01. The zero-order valence-corrected chi connectivity index (χ0v) is 18.1.